The van der Waals surface area contributed by atoms with Crippen molar-refractivity contribution in [3.63, 3.8) is 0 Å². The third-order valence-electron chi connectivity index (χ3n) is 5.61. The van der Waals surface area contributed by atoms with E-state index < -0.39 is 0 Å². The van der Waals surface area contributed by atoms with Crippen LogP contribution in [0.25, 0.3) is 5.69 Å². The molecule has 1 saturated carbocycles. The number of rotatable bonds is 3. The third-order valence-corrected chi connectivity index (χ3v) is 5.61. The van der Waals surface area contributed by atoms with Gasteiger partial charge in [-0.15, -0.1) is 0 Å². The Labute approximate surface area is 148 Å². The highest BCUT2D eigenvalue weighted by atomic mass is 19.1. The van der Waals surface area contributed by atoms with E-state index in [2.05, 4.69) is 24.3 Å². The summed E-state index contributed by atoms with van der Waals surface area (Å²) in [5.74, 6) is 0.756. The van der Waals surface area contributed by atoms with E-state index in [1.807, 2.05) is 13.8 Å². The van der Waals surface area contributed by atoms with Crippen molar-refractivity contribution in [1.82, 2.24) is 15.1 Å². The molecule has 1 heterocycles. The highest BCUT2D eigenvalue weighted by Gasteiger charge is 2.30. The molecule has 4 nitrogen and oxygen atoms in total. The Kier molecular flexibility index (Phi) is 4.93. The number of benzene rings is 1. The number of aromatic nitrogens is 2. The predicted molar refractivity (Wildman–Crippen MR) is 96.4 cm³/mol. The summed E-state index contributed by atoms with van der Waals surface area (Å²) in [5.41, 5.74) is 2.84. The number of aryl methyl sites for hydroxylation is 1. The van der Waals surface area contributed by atoms with Gasteiger partial charge in [0.2, 0.25) is 0 Å². The van der Waals surface area contributed by atoms with Crippen molar-refractivity contribution < 1.29 is 9.18 Å². The molecule has 2 aromatic rings. The van der Waals surface area contributed by atoms with E-state index in [0.717, 1.165) is 24.2 Å². The van der Waals surface area contributed by atoms with Crippen LogP contribution in [-0.4, -0.2) is 21.7 Å². The molecule has 1 amide bonds. The number of hydrogen-bond acceptors (Lipinski definition) is 2. The van der Waals surface area contributed by atoms with Crippen LogP contribution >= 0.6 is 0 Å². The van der Waals surface area contributed by atoms with Crippen molar-refractivity contribution in [2.24, 2.45) is 11.8 Å². The maximum absolute atomic E-state index is 13.2. The molecule has 0 bridgehead atoms. The summed E-state index contributed by atoms with van der Waals surface area (Å²) in [6.07, 6.45) is 3.42. The van der Waals surface area contributed by atoms with E-state index in [0.29, 0.717) is 23.1 Å². The van der Waals surface area contributed by atoms with E-state index >= 15 is 0 Å². The lowest BCUT2D eigenvalue weighted by Gasteiger charge is -2.34. The summed E-state index contributed by atoms with van der Waals surface area (Å²) in [5, 5.41) is 7.71. The van der Waals surface area contributed by atoms with E-state index in [-0.39, 0.29) is 17.8 Å². The second kappa shape index (κ2) is 6.98. The van der Waals surface area contributed by atoms with Gasteiger partial charge in [-0.3, -0.25) is 4.79 Å². The molecule has 5 heteroatoms. The zero-order chi connectivity index (χ0) is 18.1. The number of hydrogen-bond donors (Lipinski definition) is 1. The van der Waals surface area contributed by atoms with Crippen LogP contribution in [0.1, 0.15) is 54.9 Å². The number of carbonyl (C=O) groups excluding carboxylic acids is 1. The number of nitrogens with one attached hydrogen (secondary N) is 1. The Hall–Kier alpha value is -2.17. The molecule has 1 fully saturated rings. The molecule has 0 saturated heterocycles. The first kappa shape index (κ1) is 17.6. The highest BCUT2D eigenvalue weighted by molar-refractivity contribution is 5.96. The zero-order valence-electron chi connectivity index (χ0n) is 15.3. The summed E-state index contributed by atoms with van der Waals surface area (Å²) in [6.45, 7) is 8.20. The quantitative estimate of drug-likeness (QED) is 0.909. The molecule has 3 rings (SSSR count). The van der Waals surface area contributed by atoms with Crippen LogP contribution in [-0.2, 0) is 0 Å². The normalized spacial score (nSPS) is 23.5. The van der Waals surface area contributed by atoms with Crippen molar-refractivity contribution >= 4 is 5.91 Å². The average molecular weight is 343 g/mol. The first-order chi connectivity index (χ1) is 11.9. The lowest BCUT2D eigenvalue weighted by Crippen LogP contribution is -2.44. The topological polar surface area (TPSA) is 46.9 Å². The Morgan fingerprint density at radius 3 is 2.56 bits per heavy atom. The zero-order valence-corrected chi connectivity index (χ0v) is 15.3. The van der Waals surface area contributed by atoms with Crippen LogP contribution in [0.4, 0.5) is 4.39 Å². The summed E-state index contributed by atoms with van der Waals surface area (Å²) in [4.78, 5) is 12.9. The Balaban J connectivity index is 1.85. The number of halogens is 1. The van der Waals surface area contributed by atoms with Crippen molar-refractivity contribution in [3.8, 4) is 5.69 Å². The second-order valence-corrected chi connectivity index (χ2v) is 7.28. The highest BCUT2D eigenvalue weighted by Crippen LogP contribution is 2.30. The van der Waals surface area contributed by atoms with Gasteiger partial charge in [-0.2, -0.15) is 5.10 Å². The van der Waals surface area contributed by atoms with E-state index in [9.17, 15) is 9.18 Å². The molecule has 3 atom stereocenters. The van der Waals surface area contributed by atoms with Gasteiger partial charge in [0.1, 0.15) is 5.82 Å². The number of nitrogens with zero attached hydrogens (tertiary/aromatic N) is 2. The van der Waals surface area contributed by atoms with Crippen LogP contribution in [0.15, 0.2) is 24.3 Å². The molecule has 1 aliphatic carbocycles. The van der Waals surface area contributed by atoms with Gasteiger partial charge in [0.15, 0.2) is 0 Å². The molecule has 134 valence electrons. The molecule has 1 aliphatic rings. The van der Waals surface area contributed by atoms with Crippen LogP contribution in [0, 0.1) is 31.5 Å². The van der Waals surface area contributed by atoms with Crippen molar-refractivity contribution in [3.05, 3.63) is 47.0 Å². The molecule has 1 N–H and O–H groups in total. The van der Waals surface area contributed by atoms with Crippen LogP contribution < -0.4 is 5.32 Å². The molecular weight excluding hydrogens is 317 g/mol. The Morgan fingerprint density at radius 2 is 1.88 bits per heavy atom. The smallest absolute Gasteiger partial charge is 0.255 e. The van der Waals surface area contributed by atoms with Gasteiger partial charge in [0, 0.05) is 6.04 Å². The molecule has 25 heavy (non-hydrogen) atoms. The maximum atomic E-state index is 13.2. The largest absolute Gasteiger partial charge is 0.349 e. The first-order valence-electron chi connectivity index (χ1n) is 9.01. The van der Waals surface area contributed by atoms with Crippen LogP contribution in [0.3, 0.4) is 0 Å². The maximum Gasteiger partial charge on any atom is 0.255 e. The lowest BCUT2D eigenvalue weighted by atomic mass is 9.78. The first-order valence-corrected chi connectivity index (χ1v) is 9.01. The van der Waals surface area contributed by atoms with Crippen molar-refractivity contribution in [1.29, 1.82) is 0 Å². The molecule has 0 radical (unpaired) electrons. The van der Waals surface area contributed by atoms with Gasteiger partial charge in [-0.25, -0.2) is 9.07 Å². The average Bonchev–Trinajstić information content (AvgIpc) is 2.87. The van der Waals surface area contributed by atoms with Crippen molar-refractivity contribution in [2.45, 2.75) is 53.0 Å². The SMILES string of the molecule is Cc1nn(-c2ccc(F)cc2)c(C)c1C(=O)NC1CCCC(C)C1C. The minimum atomic E-state index is -0.288. The standard InChI is InChI=1S/C20H26FN3O/c1-12-6-5-7-18(13(12)2)22-20(25)19-14(3)23-24(15(19)4)17-10-8-16(21)9-11-17/h8-13,18H,5-7H2,1-4H3,(H,22,25). The minimum absolute atomic E-state index is 0.0608. The fourth-order valence-electron chi connectivity index (χ4n) is 3.83. The Bertz CT molecular complexity index is 766. The molecular formula is C20H26FN3O. The third kappa shape index (κ3) is 3.46. The summed E-state index contributed by atoms with van der Waals surface area (Å²) in [7, 11) is 0. The van der Waals surface area contributed by atoms with E-state index in [4.69, 9.17) is 0 Å². The fraction of sp³-hybridized carbons (Fsp3) is 0.500. The van der Waals surface area contributed by atoms with E-state index in [1.54, 1.807) is 16.8 Å². The lowest BCUT2D eigenvalue weighted by molar-refractivity contribution is 0.0890. The van der Waals surface area contributed by atoms with Gasteiger partial charge >= 0.3 is 0 Å². The van der Waals surface area contributed by atoms with Gasteiger partial charge in [0.05, 0.1) is 22.6 Å². The monoisotopic (exact) mass is 343 g/mol. The van der Waals surface area contributed by atoms with Crippen LogP contribution in [0.2, 0.25) is 0 Å². The molecule has 1 aromatic carbocycles. The van der Waals surface area contributed by atoms with Crippen molar-refractivity contribution in [2.75, 3.05) is 0 Å². The minimum Gasteiger partial charge on any atom is -0.349 e. The van der Waals surface area contributed by atoms with Gasteiger partial charge in [-0.05, 0) is 56.4 Å². The fourth-order valence-corrected chi connectivity index (χ4v) is 3.83. The molecule has 0 spiro atoms. The molecule has 3 unspecified atom stereocenters. The summed E-state index contributed by atoms with van der Waals surface area (Å²) < 4.78 is 14.9. The van der Waals surface area contributed by atoms with Gasteiger partial charge in [-0.1, -0.05) is 26.7 Å². The predicted octanol–water partition coefficient (Wildman–Crippen LogP) is 4.18. The summed E-state index contributed by atoms with van der Waals surface area (Å²) in [6, 6.07) is 6.35. The summed E-state index contributed by atoms with van der Waals surface area (Å²) >= 11 is 0. The Morgan fingerprint density at radius 1 is 1.20 bits per heavy atom. The molecule has 1 aromatic heterocycles. The van der Waals surface area contributed by atoms with Gasteiger partial charge in [0.25, 0.3) is 5.91 Å². The number of carbonyl (C=O) groups is 1. The van der Waals surface area contributed by atoms with Gasteiger partial charge < -0.3 is 5.32 Å². The van der Waals surface area contributed by atoms with E-state index in [1.165, 1.54) is 18.6 Å². The number of amides is 1. The molecule has 0 aliphatic heterocycles. The van der Waals surface area contributed by atoms with Crippen LogP contribution in [0.5, 0.6) is 0 Å². The second-order valence-electron chi connectivity index (χ2n) is 7.28.